The molecule has 12 aromatic rings. The molecule has 0 bridgehead atoms. The van der Waals surface area contributed by atoms with E-state index in [4.69, 9.17) is 25.4 Å². The zero-order valence-corrected chi connectivity index (χ0v) is 64.1. The minimum absolute atomic E-state index is 0.00904. The number of ether oxygens (including phenoxy) is 4. The predicted molar refractivity (Wildman–Crippen MR) is 420 cm³/mol. The molecule has 610 valence electrons. The number of carboxylic acid groups (broad SMARTS) is 4. The number of nitrogens with zero attached hydrogens (tertiary/aromatic N) is 8. The summed E-state index contributed by atoms with van der Waals surface area (Å²) in [5.74, 6) is -12.6. The fraction of sp³-hybridized carbons (Fsp3) is 0.0811. The van der Waals surface area contributed by atoms with E-state index in [0.29, 0.717) is 23.8 Å². The summed E-state index contributed by atoms with van der Waals surface area (Å²) in [6.45, 7) is 0.627. The third-order valence-corrected chi connectivity index (χ3v) is 21.8. The number of ketones is 2. The average molecular weight is 1710 g/mol. The topological polar surface area (TPSA) is 631 Å². The summed E-state index contributed by atoms with van der Waals surface area (Å²) in [6.07, 6.45) is 7.49. The lowest BCUT2D eigenvalue weighted by atomic mass is 9.82. The van der Waals surface area contributed by atoms with Crippen LogP contribution in [-0.4, -0.2) is 166 Å². The minimum atomic E-state index is -5.66. The van der Waals surface area contributed by atoms with Crippen LogP contribution in [0.4, 0.5) is 57.9 Å². The number of fused-ring (bicyclic) bond motifs is 4. The van der Waals surface area contributed by atoms with Crippen molar-refractivity contribution in [3.05, 3.63) is 199 Å². The number of aromatic carboxylic acids is 4. The molecule has 0 amide bonds. The molecular formula is C74H52N14O28S4. The summed E-state index contributed by atoms with van der Waals surface area (Å²) in [6, 6.07) is 22.5. The molecule has 4 heterocycles. The van der Waals surface area contributed by atoms with Crippen molar-refractivity contribution in [1.82, 2.24) is 39.0 Å². The molecule has 46 heteroatoms. The minimum Gasteiger partial charge on any atom is -0.488 e. The van der Waals surface area contributed by atoms with Gasteiger partial charge < -0.3 is 80.4 Å². The average Bonchev–Trinajstić information content (AvgIpc) is 0.705. The van der Waals surface area contributed by atoms with E-state index in [1.165, 1.54) is 73.3 Å². The molecule has 0 radical (unpaired) electrons. The number of carboxylic acids is 4. The van der Waals surface area contributed by atoms with Gasteiger partial charge in [0, 0.05) is 60.2 Å². The molecule has 0 saturated carbocycles. The highest BCUT2D eigenvalue weighted by Crippen LogP contribution is 2.49. The van der Waals surface area contributed by atoms with E-state index in [9.17, 15) is 111 Å². The van der Waals surface area contributed by atoms with Gasteiger partial charge in [-0.15, -0.1) is 0 Å². The maximum Gasteiger partial charge on any atom is 0.335 e. The highest BCUT2D eigenvalue weighted by atomic mass is 32.2. The van der Waals surface area contributed by atoms with Gasteiger partial charge in [-0.3, -0.25) is 37.4 Å². The highest BCUT2D eigenvalue weighted by Gasteiger charge is 2.37. The molecule has 42 nitrogen and oxygen atoms in total. The first-order chi connectivity index (χ1) is 56.7. The second-order valence-corrected chi connectivity index (χ2v) is 31.3. The van der Waals surface area contributed by atoms with Crippen LogP contribution in [0.1, 0.15) is 80.2 Å². The van der Waals surface area contributed by atoms with Crippen LogP contribution in [0.25, 0.3) is 44.1 Å². The lowest BCUT2D eigenvalue weighted by molar-refractivity contribution is 0.0675. The number of aryl methyl sites for hydroxylation is 2. The molecule has 0 saturated heterocycles. The van der Waals surface area contributed by atoms with E-state index in [2.05, 4.69) is 61.8 Å². The summed E-state index contributed by atoms with van der Waals surface area (Å²) in [7, 11) is -19.7. The van der Waals surface area contributed by atoms with Crippen molar-refractivity contribution in [2.45, 2.75) is 26.5 Å². The molecule has 0 fully saturated rings. The van der Waals surface area contributed by atoms with Crippen molar-refractivity contribution in [2.24, 2.45) is 14.1 Å². The Hall–Kier alpha value is -15.4. The van der Waals surface area contributed by atoms with Gasteiger partial charge in [0.05, 0.1) is 85.1 Å². The number of hydrogen-bond acceptors (Lipinski definition) is 32. The van der Waals surface area contributed by atoms with Crippen molar-refractivity contribution in [2.75, 3.05) is 51.6 Å². The molecule has 2 aliphatic carbocycles. The van der Waals surface area contributed by atoms with Gasteiger partial charge in [0.15, 0.2) is 17.3 Å². The summed E-state index contributed by atoms with van der Waals surface area (Å²) >= 11 is 0. The molecule has 14 N–H and O–H groups in total. The number of rotatable bonds is 28. The van der Waals surface area contributed by atoms with E-state index in [0.717, 1.165) is 41.0 Å². The Kier molecular flexibility index (Phi) is 20.8. The van der Waals surface area contributed by atoms with E-state index in [1.807, 2.05) is 6.11 Å². The van der Waals surface area contributed by atoms with Gasteiger partial charge in [-0.2, -0.15) is 63.6 Å². The molecule has 4 aromatic heterocycles. The zero-order valence-electron chi connectivity index (χ0n) is 60.9. The number of carbonyl (C=O) groups is 6. The molecule has 2 aliphatic rings. The molecule has 0 unspecified atom stereocenters. The van der Waals surface area contributed by atoms with Gasteiger partial charge in [0.1, 0.15) is 37.2 Å². The lowest BCUT2D eigenvalue weighted by Gasteiger charge is -2.26. The SMILES string of the molecule is C#COc1c2c3c(c(Nc4cc(Nc5nc(NCCNc6nc(Nc7cc(Nc8ccc9c%10c8C(=O)c8ccccc8-c%10c(OCC)c(=O)n9C)c(S(=O)(=O)O)cc7S(=O)(=O)O)nc(Oc7cc(C(=O)O)cc(C(=O)O)c7)n6)nc(Oc6cc(C(=O)O)cc(C(=O)O)c6)n5)c(S(=O)(=O)O)cc4S(=O)(=O)O)ccc3n(C)c1=O)C(=O)c1ccccc1-2. The Labute approximate surface area is 671 Å². The maximum atomic E-state index is 14.8. The van der Waals surface area contributed by atoms with Crippen LogP contribution in [0, 0.1) is 12.5 Å². The smallest absolute Gasteiger partial charge is 0.335 e. The maximum absolute atomic E-state index is 14.8. The number of terminal acetylenes is 1. The monoisotopic (exact) mass is 1710 g/mol. The number of carbonyl (C=O) groups excluding carboxylic acids is 2. The standard InChI is InChI=1S/C74H52N14O28S4/c1-5-113-61-53-37-11-7-9-13-39(37)59(89)55-41(15-17-47(57(53)55)87(3)63(61)91)77-43-27-45(51(119(107,108)109)29-49(43)117(101,102)103)79-71-81-69(83-73(85-71)115-35-23-31(65(93)94)21-32(24-35)66(95)96)75-19-20-76-70-82-72(86-74(84-70)116-36-25-33(67(97)98)22-34(26-36)68(99)100)80-46-28-44(50(118(104,105)106)30-52(46)120(110,111)112)78-42-16-18-48-58-54(62(114-6-2)64(92)88(48)4)38-12-8-10-14-40(38)60(90)56(42)58/h1,7-18,21-30,77-78H,6,19-20H2,2-4H3,(H,93,94)(H,95,96)(H,97,98)(H,99,100)(H,101,102,103)(H,104,105,106)(H,107,108,109)(H,110,111,112)(H2,75,79,81,83,85)(H2,76,80,82,84,86). The first-order valence-electron chi connectivity index (χ1n) is 34.0. The van der Waals surface area contributed by atoms with Gasteiger partial charge in [-0.25, -0.2) is 19.2 Å². The van der Waals surface area contributed by atoms with E-state index < -0.39 is 218 Å². The highest BCUT2D eigenvalue weighted by molar-refractivity contribution is 7.87. The largest absolute Gasteiger partial charge is 0.488 e. The Balaban J connectivity index is 0.848. The second-order valence-electron chi connectivity index (χ2n) is 25.7. The van der Waals surface area contributed by atoms with Gasteiger partial charge in [-0.1, -0.05) is 55.0 Å². The van der Waals surface area contributed by atoms with Crippen molar-refractivity contribution in [1.29, 1.82) is 0 Å². The Morgan fingerprint density at radius 3 is 1.09 bits per heavy atom. The Morgan fingerprint density at radius 1 is 0.417 bits per heavy atom. The molecule has 0 atom stereocenters. The van der Waals surface area contributed by atoms with Gasteiger partial charge in [0.2, 0.25) is 29.5 Å². The van der Waals surface area contributed by atoms with E-state index in [1.54, 1.807) is 25.1 Å². The lowest BCUT2D eigenvalue weighted by Crippen LogP contribution is -2.24. The zero-order chi connectivity index (χ0) is 86.3. The fourth-order valence-electron chi connectivity index (χ4n) is 13.2. The van der Waals surface area contributed by atoms with E-state index in [-0.39, 0.29) is 90.5 Å². The van der Waals surface area contributed by atoms with Gasteiger partial charge in [-0.05, 0) is 103 Å². The van der Waals surface area contributed by atoms with Crippen molar-refractivity contribution >= 4 is 156 Å². The third kappa shape index (κ3) is 15.5. The normalized spacial score (nSPS) is 12.2. The number of aromatic nitrogens is 8. The fourth-order valence-corrected chi connectivity index (χ4v) is 16.0. The summed E-state index contributed by atoms with van der Waals surface area (Å²) < 4.78 is 176. The number of hydrogen-bond donors (Lipinski definition) is 14. The molecule has 8 aromatic carbocycles. The van der Waals surface area contributed by atoms with Crippen molar-refractivity contribution in [3.63, 3.8) is 0 Å². The van der Waals surface area contributed by atoms with Crippen LogP contribution >= 0.6 is 0 Å². The van der Waals surface area contributed by atoms with Crippen molar-refractivity contribution in [3.8, 4) is 69.8 Å². The Bertz CT molecular complexity index is 7220. The van der Waals surface area contributed by atoms with Crippen LogP contribution in [0.3, 0.4) is 0 Å². The Morgan fingerprint density at radius 2 is 0.750 bits per heavy atom. The third-order valence-electron chi connectivity index (χ3n) is 18.3. The van der Waals surface area contributed by atoms with Crippen LogP contribution < -0.4 is 62.0 Å². The molecule has 0 aliphatic heterocycles. The number of benzene rings is 8. The predicted octanol–water partition coefficient (Wildman–Crippen LogP) is 8.41. The quantitative estimate of drug-likeness (QED) is 0.0124. The second kappa shape index (κ2) is 30.7. The van der Waals surface area contributed by atoms with E-state index >= 15 is 0 Å². The molecule has 120 heavy (non-hydrogen) atoms. The van der Waals surface area contributed by atoms with Crippen molar-refractivity contribution < 1.29 is 120 Å². The first kappa shape index (κ1) is 81.2. The van der Waals surface area contributed by atoms with Crippen LogP contribution in [0.5, 0.6) is 35.0 Å². The summed E-state index contributed by atoms with van der Waals surface area (Å²) in [5.41, 5.74) is -6.91. The summed E-state index contributed by atoms with van der Waals surface area (Å²) in [4.78, 5) is 126. The number of nitrogens with one attached hydrogen (secondary N) is 6. The van der Waals surface area contributed by atoms with Crippen LogP contribution in [0.15, 0.2) is 163 Å². The number of anilines is 10. The first-order valence-corrected chi connectivity index (χ1v) is 39.8. The summed E-state index contributed by atoms with van der Waals surface area (Å²) in [5, 5.41) is 55.9. The van der Waals surface area contributed by atoms with Gasteiger partial charge >= 0.3 is 35.9 Å². The van der Waals surface area contributed by atoms with Crippen LogP contribution in [0.2, 0.25) is 0 Å². The number of pyridine rings is 2. The van der Waals surface area contributed by atoms with Crippen LogP contribution in [-0.2, 0) is 54.6 Å². The molecule has 14 rings (SSSR count). The molecule has 0 spiro atoms. The molecular weight excluding hydrogens is 1660 g/mol. The van der Waals surface area contributed by atoms with Gasteiger partial charge in [0.25, 0.3) is 51.6 Å².